The fourth-order valence-corrected chi connectivity index (χ4v) is 1.90. The van der Waals surface area contributed by atoms with E-state index in [4.69, 9.17) is 4.52 Å². The lowest BCUT2D eigenvalue weighted by molar-refractivity contribution is 0.0947. The third-order valence-corrected chi connectivity index (χ3v) is 2.74. The molecule has 0 spiro atoms. The van der Waals surface area contributed by atoms with Crippen molar-refractivity contribution in [1.82, 2.24) is 20.4 Å². The van der Waals surface area contributed by atoms with Gasteiger partial charge >= 0.3 is 0 Å². The monoisotopic (exact) mass is 196 g/mol. The second-order valence-corrected chi connectivity index (χ2v) is 3.86. The van der Waals surface area contributed by atoms with Gasteiger partial charge in [0.1, 0.15) is 0 Å². The molecule has 1 fully saturated rings. The second kappa shape index (κ2) is 4.06. The molecule has 1 aromatic rings. The molecule has 2 atom stereocenters. The minimum Gasteiger partial charge on any atom is -0.338 e. The van der Waals surface area contributed by atoms with Gasteiger partial charge in [-0.25, -0.2) is 0 Å². The first-order valence-corrected chi connectivity index (χ1v) is 4.99. The summed E-state index contributed by atoms with van der Waals surface area (Å²) in [6.45, 7) is 7.22. The normalized spacial score (nSPS) is 29.3. The third kappa shape index (κ3) is 1.93. The van der Waals surface area contributed by atoms with Crippen LogP contribution in [-0.2, 0) is 6.54 Å². The topological polar surface area (TPSA) is 54.2 Å². The van der Waals surface area contributed by atoms with Crippen LogP contribution in [-0.4, -0.2) is 40.2 Å². The number of hydrogen-bond acceptors (Lipinski definition) is 5. The van der Waals surface area contributed by atoms with Crippen LogP contribution in [0.1, 0.15) is 19.7 Å². The molecule has 0 aromatic carbocycles. The van der Waals surface area contributed by atoms with Crippen molar-refractivity contribution in [3.8, 4) is 0 Å². The van der Waals surface area contributed by atoms with Gasteiger partial charge in [-0.15, -0.1) is 0 Å². The van der Waals surface area contributed by atoms with E-state index in [1.54, 1.807) is 0 Å². The first kappa shape index (κ1) is 9.61. The van der Waals surface area contributed by atoms with Crippen molar-refractivity contribution < 1.29 is 4.52 Å². The van der Waals surface area contributed by atoms with Crippen molar-refractivity contribution in [1.29, 1.82) is 0 Å². The molecule has 2 heterocycles. The van der Waals surface area contributed by atoms with Crippen LogP contribution < -0.4 is 5.32 Å². The number of hydrogen-bond donors (Lipinski definition) is 1. The van der Waals surface area contributed by atoms with Crippen molar-refractivity contribution >= 4 is 0 Å². The summed E-state index contributed by atoms with van der Waals surface area (Å²) in [5.74, 6) is 0.700. The highest BCUT2D eigenvalue weighted by Gasteiger charge is 2.25. The molecule has 0 saturated carbocycles. The molecule has 0 amide bonds. The quantitative estimate of drug-likeness (QED) is 0.735. The Labute approximate surface area is 83.5 Å². The Morgan fingerprint density at radius 2 is 2.21 bits per heavy atom. The molecule has 5 heteroatoms. The third-order valence-electron chi connectivity index (χ3n) is 2.74. The lowest BCUT2D eigenvalue weighted by atomic mass is 10.1. The van der Waals surface area contributed by atoms with Gasteiger partial charge in [-0.2, -0.15) is 4.98 Å². The van der Waals surface area contributed by atoms with E-state index in [0.29, 0.717) is 18.0 Å². The summed E-state index contributed by atoms with van der Waals surface area (Å²) in [5, 5.41) is 6.99. The van der Waals surface area contributed by atoms with E-state index in [-0.39, 0.29) is 0 Å². The summed E-state index contributed by atoms with van der Waals surface area (Å²) >= 11 is 0. The Hall–Kier alpha value is -0.940. The largest absolute Gasteiger partial charge is 0.338 e. The molecule has 78 valence electrons. The highest BCUT2D eigenvalue weighted by Crippen LogP contribution is 2.12. The van der Waals surface area contributed by atoms with Gasteiger partial charge in [0, 0.05) is 25.2 Å². The van der Waals surface area contributed by atoms with E-state index in [9.17, 15) is 0 Å². The van der Waals surface area contributed by atoms with Crippen molar-refractivity contribution in [2.24, 2.45) is 0 Å². The van der Waals surface area contributed by atoms with Crippen LogP contribution in [0.3, 0.4) is 0 Å². The Morgan fingerprint density at radius 1 is 1.50 bits per heavy atom. The SMILES string of the molecule is C[C@@H]1CNC[C@H](C)N1Cc1ncno1. The van der Waals surface area contributed by atoms with E-state index in [1.165, 1.54) is 6.33 Å². The average molecular weight is 196 g/mol. The first-order valence-electron chi connectivity index (χ1n) is 4.99. The minimum absolute atomic E-state index is 0.519. The highest BCUT2D eigenvalue weighted by molar-refractivity contribution is 4.86. The van der Waals surface area contributed by atoms with E-state index < -0.39 is 0 Å². The average Bonchev–Trinajstić information content (AvgIpc) is 2.64. The molecule has 0 radical (unpaired) electrons. The molecule has 5 nitrogen and oxygen atoms in total. The molecule has 1 saturated heterocycles. The second-order valence-electron chi connectivity index (χ2n) is 3.86. The predicted octanol–water partition coefficient (Wildman–Crippen LogP) is 0.252. The Kier molecular flexibility index (Phi) is 2.79. The Morgan fingerprint density at radius 3 is 2.79 bits per heavy atom. The van der Waals surface area contributed by atoms with E-state index in [2.05, 4.69) is 34.2 Å². The fraction of sp³-hybridized carbons (Fsp3) is 0.778. The zero-order valence-electron chi connectivity index (χ0n) is 8.60. The number of nitrogens with one attached hydrogen (secondary N) is 1. The van der Waals surface area contributed by atoms with Crippen LogP contribution >= 0.6 is 0 Å². The number of nitrogens with zero attached hydrogens (tertiary/aromatic N) is 3. The minimum atomic E-state index is 0.519. The lowest BCUT2D eigenvalue weighted by Crippen LogP contribution is -2.54. The predicted molar refractivity (Wildman–Crippen MR) is 51.6 cm³/mol. The van der Waals surface area contributed by atoms with Crippen LogP contribution in [0.15, 0.2) is 10.9 Å². The smallest absolute Gasteiger partial charge is 0.240 e. The van der Waals surface area contributed by atoms with Crippen molar-refractivity contribution in [3.05, 3.63) is 12.2 Å². The summed E-state index contributed by atoms with van der Waals surface area (Å²) in [4.78, 5) is 6.42. The molecule has 0 aliphatic carbocycles. The van der Waals surface area contributed by atoms with Gasteiger partial charge in [0.25, 0.3) is 0 Å². The summed E-state index contributed by atoms with van der Waals surface area (Å²) in [6, 6.07) is 1.04. The lowest BCUT2D eigenvalue weighted by Gasteiger charge is -2.38. The zero-order valence-corrected chi connectivity index (χ0v) is 8.60. The van der Waals surface area contributed by atoms with Crippen LogP contribution in [0.25, 0.3) is 0 Å². The van der Waals surface area contributed by atoms with Crippen LogP contribution in [0.2, 0.25) is 0 Å². The van der Waals surface area contributed by atoms with Crippen LogP contribution in [0.4, 0.5) is 0 Å². The van der Waals surface area contributed by atoms with Gasteiger partial charge in [-0.1, -0.05) is 5.16 Å². The van der Waals surface area contributed by atoms with Crippen molar-refractivity contribution in [3.63, 3.8) is 0 Å². The summed E-state index contributed by atoms with van der Waals surface area (Å²) in [5.41, 5.74) is 0. The molecule has 2 rings (SSSR count). The summed E-state index contributed by atoms with van der Waals surface area (Å²) in [7, 11) is 0. The summed E-state index contributed by atoms with van der Waals surface area (Å²) < 4.78 is 5.01. The molecular formula is C9H16N4O. The van der Waals surface area contributed by atoms with Gasteiger partial charge in [0.15, 0.2) is 6.33 Å². The molecule has 1 aromatic heterocycles. The van der Waals surface area contributed by atoms with Crippen molar-refractivity contribution in [2.75, 3.05) is 13.1 Å². The maximum absolute atomic E-state index is 5.01. The molecule has 1 aliphatic rings. The van der Waals surface area contributed by atoms with Gasteiger partial charge in [0.05, 0.1) is 6.54 Å². The Balaban J connectivity index is 2.01. The van der Waals surface area contributed by atoms with Gasteiger partial charge in [0.2, 0.25) is 5.89 Å². The molecule has 14 heavy (non-hydrogen) atoms. The number of aromatic nitrogens is 2. The fourth-order valence-electron chi connectivity index (χ4n) is 1.90. The molecule has 1 aliphatic heterocycles. The zero-order chi connectivity index (χ0) is 9.97. The highest BCUT2D eigenvalue weighted by atomic mass is 16.5. The van der Waals surface area contributed by atoms with Crippen molar-refractivity contribution in [2.45, 2.75) is 32.5 Å². The van der Waals surface area contributed by atoms with Gasteiger partial charge < -0.3 is 9.84 Å². The van der Waals surface area contributed by atoms with Crippen LogP contribution in [0, 0.1) is 0 Å². The van der Waals surface area contributed by atoms with Gasteiger partial charge in [-0.3, -0.25) is 4.90 Å². The van der Waals surface area contributed by atoms with Gasteiger partial charge in [-0.05, 0) is 13.8 Å². The maximum atomic E-state index is 5.01. The van der Waals surface area contributed by atoms with Crippen LogP contribution in [0.5, 0.6) is 0 Å². The molecule has 0 bridgehead atoms. The van der Waals surface area contributed by atoms with E-state index >= 15 is 0 Å². The first-order chi connectivity index (χ1) is 6.77. The number of piperazine rings is 1. The Bertz CT molecular complexity index is 264. The maximum Gasteiger partial charge on any atom is 0.240 e. The van der Waals surface area contributed by atoms with E-state index in [1.807, 2.05) is 0 Å². The molecular weight excluding hydrogens is 180 g/mol. The summed E-state index contributed by atoms with van der Waals surface area (Å²) in [6.07, 6.45) is 1.45. The van der Waals surface area contributed by atoms with E-state index in [0.717, 1.165) is 19.6 Å². The molecule has 1 N–H and O–H groups in total. The standard InChI is InChI=1S/C9H16N4O/c1-7-3-10-4-8(2)13(7)5-9-11-6-12-14-9/h6-8,10H,3-5H2,1-2H3/t7-,8+. The molecule has 0 unspecified atom stereocenters. The number of rotatable bonds is 2.